The smallest absolute Gasteiger partial charge is 0.0948 e. The Morgan fingerprint density at radius 2 is 2.42 bits per heavy atom. The van der Waals surface area contributed by atoms with Crippen molar-refractivity contribution in [2.24, 2.45) is 0 Å². The van der Waals surface area contributed by atoms with Crippen LogP contribution in [0.2, 0.25) is 0 Å². The first-order valence-corrected chi connectivity index (χ1v) is 4.52. The molecule has 1 N–H and O–H groups in total. The van der Waals surface area contributed by atoms with Gasteiger partial charge in [0.05, 0.1) is 12.0 Å². The van der Waals surface area contributed by atoms with Crippen LogP contribution >= 0.6 is 0 Å². The van der Waals surface area contributed by atoms with Crippen LogP contribution in [-0.2, 0) is 13.1 Å². The lowest BCUT2D eigenvalue weighted by molar-refractivity contribution is 0.596. The van der Waals surface area contributed by atoms with Crippen LogP contribution in [0.3, 0.4) is 0 Å². The van der Waals surface area contributed by atoms with Crippen LogP contribution in [0.25, 0.3) is 0 Å². The van der Waals surface area contributed by atoms with Gasteiger partial charge in [0.1, 0.15) is 0 Å². The predicted octanol–water partition coefficient (Wildman–Crippen LogP) is 1.40. The molecule has 1 heterocycles. The zero-order valence-corrected chi connectivity index (χ0v) is 7.88. The summed E-state index contributed by atoms with van der Waals surface area (Å²) < 4.78 is 2.21. The standard InChI is InChI=1S/C9H17N3/c1-3-4-5-12-8-11-7-9(12)6-10-2/h7-8,10H,3-6H2,1-2H3. The summed E-state index contributed by atoms with van der Waals surface area (Å²) in [4.78, 5) is 4.12. The maximum atomic E-state index is 4.12. The molecule has 0 bridgehead atoms. The van der Waals surface area contributed by atoms with Crippen molar-refractivity contribution in [2.75, 3.05) is 7.05 Å². The third-order valence-electron chi connectivity index (χ3n) is 1.91. The monoisotopic (exact) mass is 167 g/mol. The fraction of sp³-hybridized carbons (Fsp3) is 0.667. The summed E-state index contributed by atoms with van der Waals surface area (Å²) >= 11 is 0. The topological polar surface area (TPSA) is 29.9 Å². The number of unbranched alkanes of at least 4 members (excludes halogenated alkanes) is 1. The number of aryl methyl sites for hydroxylation is 1. The Morgan fingerprint density at radius 3 is 3.08 bits per heavy atom. The number of nitrogens with zero attached hydrogens (tertiary/aromatic N) is 2. The molecule has 0 unspecified atom stereocenters. The maximum Gasteiger partial charge on any atom is 0.0948 e. The zero-order chi connectivity index (χ0) is 8.81. The molecule has 0 aliphatic rings. The van der Waals surface area contributed by atoms with Gasteiger partial charge >= 0.3 is 0 Å². The predicted molar refractivity (Wildman–Crippen MR) is 49.9 cm³/mol. The average molecular weight is 167 g/mol. The van der Waals surface area contributed by atoms with Crippen LogP contribution in [0.15, 0.2) is 12.5 Å². The molecule has 0 amide bonds. The Balaban J connectivity index is 2.51. The van der Waals surface area contributed by atoms with Crippen LogP contribution in [0.5, 0.6) is 0 Å². The van der Waals surface area contributed by atoms with Gasteiger partial charge < -0.3 is 9.88 Å². The van der Waals surface area contributed by atoms with Crippen molar-refractivity contribution in [3.8, 4) is 0 Å². The molecule has 0 aliphatic heterocycles. The van der Waals surface area contributed by atoms with Crippen LogP contribution in [0, 0.1) is 0 Å². The van der Waals surface area contributed by atoms with E-state index in [2.05, 4.69) is 21.8 Å². The first-order valence-electron chi connectivity index (χ1n) is 4.52. The van der Waals surface area contributed by atoms with Crippen molar-refractivity contribution >= 4 is 0 Å². The molecule has 0 aromatic carbocycles. The molecule has 3 heteroatoms. The second-order valence-corrected chi connectivity index (χ2v) is 2.96. The maximum absolute atomic E-state index is 4.12. The van der Waals surface area contributed by atoms with E-state index >= 15 is 0 Å². The van der Waals surface area contributed by atoms with E-state index in [0.29, 0.717) is 0 Å². The molecular formula is C9H17N3. The van der Waals surface area contributed by atoms with Crippen molar-refractivity contribution in [3.63, 3.8) is 0 Å². The van der Waals surface area contributed by atoms with E-state index in [1.807, 2.05) is 19.6 Å². The molecule has 3 nitrogen and oxygen atoms in total. The number of imidazole rings is 1. The summed E-state index contributed by atoms with van der Waals surface area (Å²) in [5.41, 5.74) is 1.27. The van der Waals surface area contributed by atoms with Crippen molar-refractivity contribution in [1.29, 1.82) is 0 Å². The van der Waals surface area contributed by atoms with Gasteiger partial charge in [0.15, 0.2) is 0 Å². The van der Waals surface area contributed by atoms with E-state index in [1.165, 1.54) is 18.5 Å². The lowest BCUT2D eigenvalue weighted by Crippen LogP contribution is -2.10. The molecular weight excluding hydrogens is 150 g/mol. The highest BCUT2D eigenvalue weighted by molar-refractivity contribution is 4.97. The van der Waals surface area contributed by atoms with Crippen molar-refractivity contribution < 1.29 is 0 Å². The van der Waals surface area contributed by atoms with Crippen LogP contribution in [-0.4, -0.2) is 16.6 Å². The normalized spacial score (nSPS) is 10.5. The third-order valence-corrected chi connectivity index (χ3v) is 1.91. The zero-order valence-electron chi connectivity index (χ0n) is 7.88. The summed E-state index contributed by atoms with van der Waals surface area (Å²) in [5, 5.41) is 3.13. The lowest BCUT2D eigenvalue weighted by atomic mass is 10.3. The molecule has 0 spiro atoms. The van der Waals surface area contributed by atoms with Gasteiger partial charge in [0, 0.05) is 19.3 Å². The minimum Gasteiger partial charge on any atom is -0.333 e. The van der Waals surface area contributed by atoms with Crippen molar-refractivity contribution in [2.45, 2.75) is 32.9 Å². The second-order valence-electron chi connectivity index (χ2n) is 2.96. The highest BCUT2D eigenvalue weighted by Crippen LogP contribution is 2.01. The average Bonchev–Trinajstić information content (AvgIpc) is 2.50. The molecule has 0 atom stereocenters. The molecule has 68 valence electrons. The highest BCUT2D eigenvalue weighted by atomic mass is 15.1. The molecule has 0 fully saturated rings. The molecule has 1 rings (SSSR count). The Kier molecular flexibility index (Phi) is 3.80. The molecule has 0 saturated carbocycles. The third kappa shape index (κ3) is 2.34. The molecule has 1 aromatic heterocycles. The van der Waals surface area contributed by atoms with Gasteiger partial charge in [-0.05, 0) is 13.5 Å². The van der Waals surface area contributed by atoms with E-state index in [9.17, 15) is 0 Å². The Hall–Kier alpha value is -0.830. The van der Waals surface area contributed by atoms with Gasteiger partial charge in [-0.15, -0.1) is 0 Å². The van der Waals surface area contributed by atoms with Gasteiger partial charge in [-0.3, -0.25) is 0 Å². The summed E-state index contributed by atoms with van der Waals surface area (Å²) in [5.74, 6) is 0. The van der Waals surface area contributed by atoms with Gasteiger partial charge in [-0.2, -0.15) is 0 Å². The van der Waals surface area contributed by atoms with Crippen molar-refractivity contribution in [3.05, 3.63) is 18.2 Å². The summed E-state index contributed by atoms with van der Waals surface area (Å²) in [6, 6.07) is 0. The fourth-order valence-electron chi connectivity index (χ4n) is 1.21. The molecule has 0 aliphatic carbocycles. The van der Waals surface area contributed by atoms with E-state index in [4.69, 9.17) is 0 Å². The number of rotatable bonds is 5. The molecule has 0 saturated heterocycles. The minimum atomic E-state index is 0.906. The largest absolute Gasteiger partial charge is 0.333 e. The first-order chi connectivity index (χ1) is 5.88. The number of hydrogen-bond acceptors (Lipinski definition) is 2. The van der Waals surface area contributed by atoms with Gasteiger partial charge in [0.2, 0.25) is 0 Å². The Morgan fingerprint density at radius 1 is 1.58 bits per heavy atom. The van der Waals surface area contributed by atoms with Crippen LogP contribution in [0.1, 0.15) is 25.5 Å². The summed E-state index contributed by atoms with van der Waals surface area (Å²) in [6.45, 7) is 4.20. The molecule has 12 heavy (non-hydrogen) atoms. The SMILES string of the molecule is CCCCn1cncc1CNC. The fourth-order valence-corrected chi connectivity index (χ4v) is 1.21. The van der Waals surface area contributed by atoms with E-state index in [1.54, 1.807) is 0 Å². The van der Waals surface area contributed by atoms with Crippen molar-refractivity contribution in [1.82, 2.24) is 14.9 Å². The summed E-state index contributed by atoms with van der Waals surface area (Å²) in [6.07, 6.45) is 6.29. The number of hydrogen-bond donors (Lipinski definition) is 1. The molecule has 0 radical (unpaired) electrons. The Bertz CT molecular complexity index is 217. The van der Waals surface area contributed by atoms with Crippen LogP contribution < -0.4 is 5.32 Å². The number of aromatic nitrogens is 2. The second kappa shape index (κ2) is 4.93. The van der Waals surface area contributed by atoms with E-state index in [-0.39, 0.29) is 0 Å². The van der Waals surface area contributed by atoms with Gasteiger partial charge in [-0.1, -0.05) is 13.3 Å². The van der Waals surface area contributed by atoms with Gasteiger partial charge in [-0.25, -0.2) is 4.98 Å². The highest BCUT2D eigenvalue weighted by Gasteiger charge is 1.98. The lowest BCUT2D eigenvalue weighted by Gasteiger charge is -2.05. The van der Waals surface area contributed by atoms with E-state index in [0.717, 1.165) is 13.1 Å². The van der Waals surface area contributed by atoms with E-state index < -0.39 is 0 Å². The first kappa shape index (κ1) is 9.26. The van der Waals surface area contributed by atoms with Gasteiger partial charge in [0.25, 0.3) is 0 Å². The minimum absolute atomic E-state index is 0.906. The quantitative estimate of drug-likeness (QED) is 0.718. The molecule has 1 aromatic rings. The van der Waals surface area contributed by atoms with Crippen LogP contribution in [0.4, 0.5) is 0 Å². The Labute approximate surface area is 73.8 Å². The number of nitrogens with one attached hydrogen (secondary N) is 1. The summed E-state index contributed by atoms with van der Waals surface area (Å²) in [7, 11) is 1.96.